The molecule has 1 aromatic rings. The van der Waals surface area contributed by atoms with Crippen LogP contribution < -0.4 is 5.32 Å². The molecule has 2 rings (SSSR count). The summed E-state index contributed by atoms with van der Waals surface area (Å²) in [5.74, 6) is 0. The fourth-order valence-electron chi connectivity index (χ4n) is 2.40. The fraction of sp³-hybridized carbons (Fsp3) is 0.600. The molecule has 1 N–H and O–H groups in total. The SMILES string of the molecule is CCC(C)N1CCN(C(=O)NCc2ccccn2)CC1. The van der Waals surface area contributed by atoms with Crippen molar-refractivity contribution in [3.8, 4) is 0 Å². The van der Waals surface area contributed by atoms with Gasteiger partial charge >= 0.3 is 6.03 Å². The van der Waals surface area contributed by atoms with Crippen LogP contribution in [0.4, 0.5) is 4.79 Å². The van der Waals surface area contributed by atoms with Gasteiger partial charge in [-0.15, -0.1) is 0 Å². The van der Waals surface area contributed by atoms with E-state index in [2.05, 4.69) is 29.0 Å². The third-order valence-corrected chi connectivity index (χ3v) is 3.96. The topological polar surface area (TPSA) is 48.5 Å². The van der Waals surface area contributed by atoms with Crippen molar-refractivity contribution in [1.29, 1.82) is 0 Å². The van der Waals surface area contributed by atoms with Gasteiger partial charge in [-0.1, -0.05) is 13.0 Å². The summed E-state index contributed by atoms with van der Waals surface area (Å²) in [6.45, 7) is 8.48. The first-order valence-electron chi connectivity index (χ1n) is 7.37. The van der Waals surface area contributed by atoms with Crippen molar-refractivity contribution in [2.24, 2.45) is 0 Å². The first-order chi connectivity index (χ1) is 9.70. The zero-order valence-electron chi connectivity index (χ0n) is 12.4. The maximum absolute atomic E-state index is 12.1. The predicted octanol–water partition coefficient (Wildman–Crippen LogP) is 1.71. The Morgan fingerprint density at radius 1 is 1.35 bits per heavy atom. The number of hydrogen-bond donors (Lipinski definition) is 1. The molecule has 1 atom stereocenters. The minimum atomic E-state index is 0.0134. The third-order valence-electron chi connectivity index (χ3n) is 3.96. The van der Waals surface area contributed by atoms with Gasteiger partial charge in [-0.25, -0.2) is 4.79 Å². The number of carbonyl (C=O) groups is 1. The highest BCUT2D eigenvalue weighted by Gasteiger charge is 2.22. The number of aromatic nitrogens is 1. The number of nitrogens with one attached hydrogen (secondary N) is 1. The molecule has 1 unspecified atom stereocenters. The zero-order valence-corrected chi connectivity index (χ0v) is 12.4. The van der Waals surface area contributed by atoms with Crippen LogP contribution in [0.3, 0.4) is 0 Å². The molecule has 1 aliphatic heterocycles. The first kappa shape index (κ1) is 14.8. The molecule has 0 aromatic carbocycles. The second-order valence-electron chi connectivity index (χ2n) is 5.26. The first-order valence-corrected chi connectivity index (χ1v) is 7.37. The molecule has 0 saturated carbocycles. The van der Waals surface area contributed by atoms with Gasteiger partial charge in [-0.05, 0) is 25.5 Å². The zero-order chi connectivity index (χ0) is 14.4. The lowest BCUT2D eigenvalue weighted by atomic mass is 10.2. The Balaban J connectivity index is 1.75. The molecule has 0 bridgehead atoms. The number of amides is 2. The highest BCUT2D eigenvalue weighted by molar-refractivity contribution is 5.74. The normalized spacial score (nSPS) is 17.8. The van der Waals surface area contributed by atoms with Crippen LogP contribution in [0.2, 0.25) is 0 Å². The predicted molar refractivity (Wildman–Crippen MR) is 79.4 cm³/mol. The van der Waals surface area contributed by atoms with E-state index in [1.54, 1.807) is 6.20 Å². The van der Waals surface area contributed by atoms with Crippen LogP contribution in [0.1, 0.15) is 26.0 Å². The molecule has 1 aromatic heterocycles. The number of urea groups is 1. The Labute approximate surface area is 121 Å². The largest absolute Gasteiger partial charge is 0.332 e. The number of rotatable bonds is 4. The van der Waals surface area contributed by atoms with Crippen LogP contribution in [0, 0.1) is 0 Å². The molecule has 1 aliphatic rings. The van der Waals surface area contributed by atoms with Gasteiger partial charge in [-0.2, -0.15) is 0 Å². The molecule has 2 heterocycles. The van der Waals surface area contributed by atoms with Gasteiger partial charge in [-0.3, -0.25) is 9.88 Å². The summed E-state index contributed by atoms with van der Waals surface area (Å²) >= 11 is 0. The van der Waals surface area contributed by atoms with Crippen molar-refractivity contribution >= 4 is 6.03 Å². The van der Waals surface area contributed by atoms with Crippen molar-refractivity contribution in [2.45, 2.75) is 32.9 Å². The van der Waals surface area contributed by atoms with E-state index in [0.717, 1.165) is 38.3 Å². The molecular formula is C15H24N4O. The van der Waals surface area contributed by atoms with Crippen LogP contribution in [0.25, 0.3) is 0 Å². The Hall–Kier alpha value is -1.62. The maximum Gasteiger partial charge on any atom is 0.317 e. The van der Waals surface area contributed by atoms with Crippen molar-refractivity contribution in [1.82, 2.24) is 20.1 Å². The molecular weight excluding hydrogens is 252 g/mol. The third kappa shape index (κ3) is 3.93. The van der Waals surface area contributed by atoms with Gasteiger partial charge in [0.05, 0.1) is 12.2 Å². The van der Waals surface area contributed by atoms with Crippen LogP contribution in [-0.2, 0) is 6.54 Å². The highest BCUT2D eigenvalue weighted by atomic mass is 16.2. The Morgan fingerprint density at radius 3 is 2.70 bits per heavy atom. The lowest BCUT2D eigenvalue weighted by Crippen LogP contribution is -2.53. The summed E-state index contributed by atoms with van der Waals surface area (Å²) in [4.78, 5) is 20.6. The van der Waals surface area contributed by atoms with Crippen molar-refractivity contribution < 1.29 is 4.79 Å². The van der Waals surface area contributed by atoms with Crippen LogP contribution in [0.15, 0.2) is 24.4 Å². The number of pyridine rings is 1. The van der Waals surface area contributed by atoms with Gasteiger partial charge in [0.15, 0.2) is 0 Å². The van der Waals surface area contributed by atoms with E-state index >= 15 is 0 Å². The van der Waals surface area contributed by atoms with Crippen LogP contribution in [0.5, 0.6) is 0 Å². The maximum atomic E-state index is 12.1. The van der Waals surface area contributed by atoms with E-state index in [4.69, 9.17) is 0 Å². The summed E-state index contributed by atoms with van der Waals surface area (Å²) in [6.07, 6.45) is 2.90. The lowest BCUT2D eigenvalue weighted by Gasteiger charge is -2.37. The quantitative estimate of drug-likeness (QED) is 0.910. The average molecular weight is 276 g/mol. The molecule has 2 amide bonds. The van der Waals surface area contributed by atoms with E-state index in [-0.39, 0.29) is 6.03 Å². The van der Waals surface area contributed by atoms with Crippen LogP contribution in [-0.4, -0.2) is 53.0 Å². The summed E-state index contributed by atoms with van der Waals surface area (Å²) < 4.78 is 0. The number of hydrogen-bond acceptors (Lipinski definition) is 3. The number of piperazine rings is 1. The molecule has 1 saturated heterocycles. The molecule has 0 radical (unpaired) electrons. The fourth-order valence-corrected chi connectivity index (χ4v) is 2.40. The minimum absolute atomic E-state index is 0.0134. The highest BCUT2D eigenvalue weighted by Crippen LogP contribution is 2.08. The Morgan fingerprint density at radius 2 is 2.10 bits per heavy atom. The van der Waals surface area contributed by atoms with Gasteiger partial charge in [0.25, 0.3) is 0 Å². The molecule has 5 heteroatoms. The lowest BCUT2D eigenvalue weighted by molar-refractivity contribution is 0.112. The van der Waals surface area contributed by atoms with Gasteiger partial charge in [0.2, 0.25) is 0 Å². The molecule has 0 aliphatic carbocycles. The van der Waals surface area contributed by atoms with E-state index < -0.39 is 0 Å². The molecule has 110 valence electrons. The van der Waals surface area contributed by atoms with E-state index in [1.165, 1.54) is 0 Å². The second-order valence-corrected chi connectivity index (χ2v) is 5.26. The molecule has 5 nitrogen and oxygen atoms in total. The monoisotopic (exact) mass is 276 g/mol. The molecule has 20 heavy (non-hydrogen) atoms. The number of carbonyl (C=O) groups excluding carboxylic acids is 1. The standard InChI is InChI=1S/C15H24N4O/c1-3-13(2)18-8-10-19(11-9-18)15(20)17-12-14-6-4-5-7-16-14/h4-7,13H,3,8-12H2,1-2H3,(H,17,20). The molecule has 1 fully saturated rings. The Kier molecular flexibility index (Phi) is 5.35. The minimum Gasteiger partial charge on any atom is -0.332 e. The van der Waals surface area contributed by atoms with Crippen molar-refractivity contribution in [3.05, 3.63) is 30.1 Å². The van der Waals surface area contributed by atoms with Gasteiger partial charge < -0.3 is 10.2 Å². The summed E-state index contributed by atoms with van der Waals surface area (Å²) in [6, 6.07) is 6.34. The average Bonchev–Trinajstić information content (AvgIpc) is 2.53. The Bertz CT molecular complexity index is 415. The summed E-state index contributed by atoms with van der Waals surface area (Å²) in [5, 5.41) is 2.93. The smallest absolute Gasteiger partial charge is 0.317 e. The van der Waals surface area contributed by atoms with Gasteiger partial charge in [0, 0.05) is 38.4 Å². The van der Waals surface area contributed by atoms with Gasteiger partial charge in [0.1, 0.15) is 0 Å². The van der Waals surface area contributed by atoms with E-state index in [9.17, 15) is 4.79 Å². The number of nitrogens with zero attached hydrogens (tertiary/aromatic N) is 3. The summed E-state index contributed by atoms with van der Waals surface area (Å²) in [7, 11) is 0. The van der Waals surface area contributed by atoms with Crippen LogP contribution >= 0.6 is 0 Å². The van der Waals surface area contributed by atoms with Crippen molar-refractivity contribution in [2.75, 3.05) is 26.2 Å². The van der Waals surface area contributed by atoms with E-state index in [1.807, 2.05) is 23.1 Å². The van der Waals surface area contributed by atoms with E-state index in [0.29, 0.717) is 12.6 Å². The molecule has 0 spiro atoms. The summed E-state index contributed by atoms with van der Waals surface area (Å²) in [5.41, 5.74) is 0.888. The van der Waals surface area contributed by atoms with Crippen molar-refractivity contribution in [3.63, 3.8) is 0 Å². The second kappa shape index (κ2) is 7.24.